The van der Waals surface area contributed by atoms with Gasteiger partial charge in [-0.15, -0.1) is 0 Å². The SMILES string of the molecule is Cc1ccc(C2c3c4c(c(-c5ccccc5)n3-c3ccccc3N2C)c(=O)n(C)c(=O)n4Cl)o1. The molecule has 3 aromatic heterocycles. The highest BCUT2D eigenvalue weighted by Crippen LogP contribution is 2.48. The third kappa shape index (κ3) is 2.64. The van der Waals surface area contributed by atoms with Crippen molar-refractivity contribution in [2.24, 2.45) is 7.05 Å². The first-order chi connectivity index (χ1) is 16.4. The Bertz CT molecular complexity index is 1710. The predicted molar refractivity (Wildman–Crippen MR) is 133 cm³/mol. The van der Waals surface area contributed by atoms with Gasteiger partial charge in [0, 0.05) is 25.9 Å². The molecule has 0 radical (unpaired) electrons. The Hall–Kier alpha value is -3.97. The molecule has 0 spiro atoms. The van der Waals surface area contributed by atoms with Gasteiger partial charge in [-0.25, -0.2) is 8.88 Å². The van der Waals surface area contributed by atoms with E-state index in [1.165, 1.54) is 7.05 Å². The summed E-state index contributed by atoms with van der Waals surface area (Å²) in [4.78, 5) is 28.6. The molecule has 170 valence electrons. The number of rotatable bonds is 2. The summed E-state index contributed by atoms with van der Waals surface area (Å²) in [5, 5.41) is 0.386. The minimum absolute atomic E-state index is 0.383. The van der Waals surface area contributed by atoms with E-state index < -0.39 is 17.3 Å². The van der Waals surface area contributed by atoms with Crippen LogP contribution < -0.4 is 16.1 Å². The smallest absolute Gasteiger partial charge is 0.346 e. The number of hydrogen-bond donors (Lipinski definition) is 0. The predicted octanol–water partition coefficient (Wildman–Crippen LogP) is 4.60. The van der Waals surface area contributed by atoms with Gasteiger partial charge in [-0.3, -0.25) is 9.36 Å². The first kappa shape index (κ1) is 20.6. The maximum absolute atomic E-state index is 13.6. The molecule has 0 N–H and O–H groups in total. The number of nitrogens with zero attached hydrogens (tertiary/aromatic N) is 4. The molecule has 0 fully saturated rings. The van der Waals surface area contributed by atoms with Crippen LogP contribution in [0.2, 0.25) is 0 Å². The van der Waals surface area contributed by atoms with Gasteiger partial charge in [0.1, 0.15) is 23.1 Å². The average molecular weight is 473 g/mol. The fraction of sp³-hybridized carbons (Fsp3) is 0.154. The molecule has 0 saturated carbocycles. The third-order valence-electron chi connectivity index (χ3n) is 6.58. The zero-order valence-electron chi connectivity index (χ0n) is 18.8. The summed E-state index contributed by atoms with van der Waals surface area (Å²) < 4.78 is 10.2. The van der Waals surface area contributed by atoms with E-state index in [-0.39, 0.29) is 0 Å². The van der Waals surface area contributed by atoms with Crippen LogP contribution in [0, 0.1) is 6.92 Å². The number of para-hydroxylation sites is 2. The Morgan fingerprint density at radius 2 is 1.56 bits per heavy atom. The van der Waals surface area contributed by atoms with Crippen LogP contribution in [0.4, 0.5) is 5.69 Å². The molecule has 4 heterocycles. The van der Waals surface area contributed by atoms with E-state index in [1.54, 1.807) is 0 Å². The number of halogens is 1. The van der Waals surface area contributed by atoms with Crippen molar-refractivity contribution in [2.75, 3.05) is 11.9 Å². The Balaban J connectivity index is 1.90. The van der Waals surface area contributed by atoms with Crippen molar-refractivity contribution in [3.63, 3.8) is 0 Å². The highest BCUT2D eigenvalue weighted by atomic mass is 35.5. The lowest BCUT2D eigenvalue weighted by Gasteiger charge is -2.37. The van der Waals surface area contributed by atoms with Crippen molar-refractivity contribution < 1.29 is 4.42 Å². The molecule has 8 heteroatoms. The van der Waals surface area contributed by atoms with E-state index in [4.69, 9.17) is 16.2 Å². The molecule has 7 nitrogen and oxygen atoms in total. The number of hydrogen-bond acceptors (Lipinski definition) is 4. The topological polar surface area (TPSA) is 65.3 Å². The second kappa shape index (κ2) is 7.27. The average Bonchev–Trinajstić information content (AvgIpc) is 3.44. The molecule has 0 aliphatic carbocycles. The van der Waals surface area contributed by atoms with Gasteiger partial charge in [0.2, 0.25) is 0 Å². The Morgan fingerprint density at radius 1 is 0.882 bits per heavy atom. The Labute approximate surface area is 199 Å². The van der Waals surface area contributed by atoms with Crippen molar-refractivity contribution in [3.8, 4) is 16.9 Å². The van der Waals surface area contributed by atoms with Gasteiger partial charge in [-0.1, -0.05) is 42.5 Å². The fourth-order valence-corrected chi connectivity index (χ4v) is 5.32. The first-order valence-corrected chi connectivity index (χ1v) is 11.2. The highest BCUT2D eigenvalue weighted by molar-refractivity contribution is 6.20. The van der Waals surface area contributed by atoms with E-state index >= 15 is 0 Å². The Morgan fingerprint density at radius 3 is 2.24 bits per heavy atom. The number of anilines is 1. The van der Waals surface area contributed by atoms with Crippen LogP contribution in [0.25, 0.3) is 27.8 Å². The number of benzene rings is 2. The monoisotopic (exact) mass is 472 g/mol. The molecule has 5 aromatic rings. The molecule has 0 saturated heterocycles. The fourth-order valence-electron chi connectivity index (χ4n) is 5.03. The number of aromatic nitrogens is 3. The van der Waals surface area contributed by atoms with Crippen LogP contribution in [-0.4, -0.2) is 20.3 Å². The van der Waals surface area contributed by atoms with Gasteiger partial charge in [-0.05, 0) is 36.8 Å². The van der Waals surface area contributed by atoms with E-state index in [2.05, 4.69) is 9.47 Å². The van der Waals surface area contributed by atoms with E-state index in [1.807, 2.05) is 80.7 Å². The van der Waals surface area contributed by atoms with Gasteiger partial charge in [0.15, 0.2) is 0 Å². The molecule has 1 aliphatic heterocycles. The molecule has 0 bridgehead atoms. The zero-order valence-corrected chi connectivity index (χ0v) is 19.6. The van der Waals surface area contributed by atoms with Crippen LogP contribution >= 0.6 is 11.8 Å². The van der Waals surface area contributed by atoms with Crippen LogP contribution in [-0.2, 0) is 7.05 Å². The molecule has 6 rings (SSSR count). The van der Waals surface area contributed by atoms with Crippen LogP contribution in [0.15, 0.2) is 80.7 Å². The van der Waals surface area contributed by atoms with Gasteiger partial charge in [-0.2, -0.15) is 0 Å². The van der Waals surface area contributed by atoms with E-state index in [0.717, 1.165) is 31.4 Å². The van der Waals surface area contributed by atoms with Crippen molar-refractivity contribution in [1.82, 2.24) is 13.2 Å². The summed E-state index contributed by atoms with van der Waals surface area (Å²) in [7, 11) is 3.42. The lowest BCUT2D eigenvalue weighted by molar-refractivity contribution is 0.453. The second-order valence-corrected chi connectivity index (χ2v) is 8.88. The lowest BCUT2D eigenvalue weighted by atomic mass is 10.0. The van der Waals surface area contributed by atoms with Gasteiger partial charge >= 0.3 is 5.69 Å². The summed E-state index contributed by atoms with van der Waals surface area (Å²) in [6, 6.07) is 21.1. The maximum Gasteiger partial charge on any atom is 0.346 e. The summed E-state index contributed by atoms with van der Waals surface area (Å²) in [6.45, 7) is 1.89. The third-order valence-corrected chi connectivity index (χ3v) is 6.89. The number of fused-ring (bicyclic) bond motifs is 5. The second-order valence-electron chi connectivity index (χ2n) is 8.54. The van der Waals surface area contributed by atoms with Crippen molar-refractivity contribution in [2.45, 2.75) is 13.0 Å². The summed E-state index contributed by atoms with van der Waals surface area (Å²) >= 11 is 6.66. The maximum atomic E-state index is 13.6. The molecule has 1 unspecified atom stereocenters. The summed E-state index contributed by atoms with van der Waals surface area (Å²) in [5.41, 5.74) is 3.49. The molecule has 2 aromatic carbocycles. The minimum atomic E-state index is -0.594. The zero-order chi connectivity index (χ0) is 23.7. The largest absolute Gasteiger partial charge is 0.464 e. The lowest BCUT2D eigenvalue weighted by Crippen LogP contribution is -2.36. The molecular weight excluding hydrogens is 452 g/mol. The highest BCUT2D eigenvalue weighted by Gasteiger charge is 2.39. The molecule has 1 aliphatic rings. The van der Waals surface area contributed by atoms with Gasteiger partial charge in [0.05, 0.1) is 28.1 Å². The Kier molecular flexibility index (Phi) is 4.41. The van der Waals surface area contributed by atoms with Crippen LogP contribution in [0.3, 0.4) is 0 Å². The normalized spacial score (nSPS) is 14.9. The summed E-state index contributed by atoms with van der Waals surface area (Å²) in [6.07, 6.45) is 0. The standard InChI is InChI=1S/C26H21ClN4O3/c1-15-13-14-19(34-15)22-24-23-20(25(32)29(3)26(33)31(23)27)21(16-9-5-4-6-10-16)30(24)18-12-8-7-11-17(18)28(22)2/h4-14,22H,1-3H3. The molecular formula is C26H21ClN4O3. The quantitative estimate of drug-likeness (QED) is 0.376. The first-order valence-electron chi connectivity index (χ1n) is 10.9. The van der Waals surface area contributed by atoms with Crippen LogP contribution in [0.1, 0.15) is 23.3 Å². The van der Waals surface area contributed by atoms with Gasteiger partial charge < -0.3 is 13.9 Å². The molecule has 1 atom stereocenters. The summed E-state index contributed by atoms with van der Waals surface area (Å²) in [5.74, 6) is 1.46. The molecule has 0 amide bonds. The molecule has 34 heavy (non-hydrogen) atoms. The number of furan rings is 1. The van der Waals surface area contributed by atoms with Crippen molar-refractivity contribution in [1.29, 1.82) is 0 Å². The minimum Gasteiger partial charge on any atom is -0.464 e. The van der Waals surface area contributed by atoms with E-state index in [9.17, 15) is 9.59 Å². The van der Waals surface area contributed by atoms with Crippen molar-refractivity contribution >= 4 is 28.4 Å². The van der Waals surface area contributed by atoms with Crippen LogP contribution in [0.5, 0.6) is 0 Å². The number of aryl methyl sites for hydroxylation is 1. The van der Waals surface area contributed by atoms with E-state index in [0.29, 0.717) is 28.1 Å². The van der Waals surface area contributed by atoms with Gasteiger partial charge in [0.25, 0.3) is 5.56 Å². The van der Waals surface area contributed by atoms with Crippen molar-refractivity contribution in [3.05, 3.63) is 105 Å².